The van der Waals surface area contributed by atoms with Crippen LogP contribution < -0.4 is 14.2 Å². The number of carbonyl (C=O) groups excluding carboxylic acids is 2. The van der Waals surface area contributed by atoms with Crippen LogP contribution in [-0.2, 0) is 15.0 Å². The first-order valence-corrected chi connectivity index (χ1v) is 12.4. The van der Waals surface area contributed by atoms with Crippen LogP contribution in [0.3, 0.4) is 0 Å². The molecule has 1 aliphatic rings. The van der Waals surface area contributed by atoms with E-state index in [9.17, 15) is 14.7 Å². The lowest BCUT2D eigenvalue weighted by molar-refractivity contribution is -0.139. The third-order valence-electron chi connectivity index (χ3n) is 6.38. The second-order valence-electron chi connectivity index (χ2n) is 9.85. The number of methoxy groups -OCH3 is 2. The van der Waals surface area contributed by atoms with Gasteiger partial charge in [-0.3, -0.25) is 9.59 Å². The van der Waals surface area contributed by atoms with Gasteiger partial charge in [0.15, 0.2) is 11.5 Å². The molecule has 7 heteroatoms. The predicted octanol–water partition coefficient (Wildman–Crippen LogP) is 5.62. The van der Waals surface area contributed by atoms with E-state index in [-0.39, 0.29) is 16.7 Å². The summed E-state index contributed by atoms with van der Waals surface area (Å²) in [5.41, 5.74) is 1.81. The number of amides is 1. The van der Waals surface area contributed by atoms with Crippen LogP contribution in [0.5, 0.6) is 17.2 Å². The minimum absolute atomic E-state index is 0.0624. The number of ketones is 1. The number of hydrogen-bond acceptors (Lipinski definition) is 6. The van der Waals surface area contributed by atoms with E-state index in [0.29, 0.717) is 35.8 Å². The lowest BCUT2D eigenvalue weighted by Crippen LogP contribution is -2.30. The van der Waals surface area contributed by atoms with E-state index in [1.54, 1.807) is 37.4 Å². The van der Waals surface area contributed by atoms with E-state index in [1.807, 2.05) is 19.9 Å². The van der Waals surface area contributed by atoms with E-state index in [2.05, 4.69) is 20.8 Å². The van der Waals surface area contributed by atoms with Crippen molar-refractivity contribution < 1.29 is 28.9 Å². The SMILES string of the molecule is CCCCN1C(=O)C(=O)/C(=C(/O)c2ccc(OCC)c(C(C)(C)C)c2)C1c1ccc(OC)c(OC)c1. The maximum Gasteiger partial charge on any atom is 0.295 e. The highest BCUT2D eigenvalue weighted by atomic mass is 16.5. The van der Waals surface area contributed by atoms with Crippen LogP contribution in [0.2, 0.25) is 0 Å². The molecule has 1 unspecified atom stereocenters. The van der Waals surface area contributed by atoms with Crippen molar-refractivity contribution in [1.82, 2.24) is 4.90 Å². The van der Waals surface area contributed by atoms with Crippen molar-refractivity contribution in [2.24, 2.45) is 0 Å². The second kappa shape index (κ2) is 11.1. The van der Waals surface area contributed by atoms with Gasteiger partial charge >= 0.3 is 0 Å². The Morgan fingerprint density at radius 3 is 2.22 bits per heavy atom. The molecule has 1 aliphatic heterocycles. The van der Waals surface area contributed by atoms with Crippen molar-refractivity contribution in [1.29, 1.82) is 0 Å². The Labute approximate surface area is 213 Å². The molecular weight excluding hydrogens is 458 g/mol. The van der Waals surface area contributed by atoms with Gasteiger partial charge in [-0.1, -0.05) is 40.2 Å². The Hall–Kier alpha value is -3.48. The van der Waals surface area contributed by atoms with Crippen molar-refractivity contribution in [3.63, 3.8) is 0 Å². The summed E-state index contributed by atoms with van der Waals surface area (Å²) in [5, 5.41) is 11.5. The van der Waals surface area contributed by atoms with Gasteiger partial charge in [0, 0.05) is 17.7 Å². The molecule has 1 N–H and O–H groups in total. The number of likely N-dealkylation sites (tertiary alicyclic amines) is 1. The number of carbonyl (C=O) groups is 2. The van der Waals surface area contributed by atoms with Crippen LogP contribution in [0.25, 0.3) is 5.76 Å². The summed E-state index contributed by atoms with van der Waals surface area (Å²) in [6.07, 6.45) is 1.59. The third-order valence-corrected chi connectivity index (χ3v) is 6.38. The highest BCUT2D eigenvalue weighted by Gasteiger charge is 2.46. The number of aliphatic hydroxyl groups excluding tert-OH is 1. The maximum absolute atomic E-state index is 13.3. The number of Topliss-reactive ketones (excluding diaryl/α,β-unsaturated/α-hetero) is 1. The van der Waals surface area contributed by atoms with Gasteiger partial charge in [-0.15, -0.1) is 0 Å². The molecule has 0 saturated carbocycles. The van der Waals surface area contributed by atoms with E-state index in [0.717, 1.165) is 24.2 Å². The van der Waals surface area contributed by atoms with E-state index in [4.69, 9.17) is 14.2 Å². The van der Waals surface area contributed by atoms with Gasteiger partial charge in [0.1, 0.15) is 11.5 Å². The van der Waals surface area contributed by atoms with Crippen LogP contribution >= 0.6 is 0 Å². The van der Waals surface area contributed by atoms with E-state index in [1.165, 1.54) is 12.0 Å². The van der Waals surface area contributed by atoms with Crippen molar-refractivity contribution >= 4 is 17.4 Å². The van der Waals surface area contributed by atoms with E-state index < -0.39 is 17.7 Å². The molecule has 0 aromatic heterocycles. The van der Waals surface area contributed by atoms with Crippen LogP contribution in [0.4, 0.5) is 0 Å². The first-order valence-electron chi connectivity index (χ1n) is 12.4. The fourth-order valence-electron chi connectivity index (χ4n) is 4.51. The summed E-state index contributed by atoms with van der Waals surface area (Å²) in [5.74, 6) is 0.212. The molecule has 0 aliphatic carbocycles. The summed E-state index contributed by atoms with van der Waals surface area (Å²) in [4.78, 5) is 28.0. The molecule has 194 valence electrons. The normalized spacial score (nSPS) is 17.4. The van der Waals surface area contributed by atoms with Crippen LogP contribution in [0.1, 0.15) is 70.2 Å². The Bertz CT molecular complexity index is 1160. The number of nitrogens with zero attached hydrogens (tertiary/aromatic N) is 1. The monoisotopic (exact) mass is 495 g/mol. The number of unbranched alkanes of at least 4 members (excludes halogenated alkanes) is 1. The standard InChI is InChI=1S/C29H37NO6/c1-8-10-15-30-25(18-11-14-22(34-6)23(17-18)35-7)24(27(32)28(30)33)26(31)19-12-13-21(36-9-2)20(16-19)29(3,4)5/h11-14,16-17,25,31H,8-10,15H2,1-7H3/b26-24+. The topological polar surface area (TPSA) is 85.3 Å². The summed E-state index contributed by atoms with van der Waals surface area (Å²) < 4.78 is 16.6. The molecule has 1 heterocycles. The molecule has 1 atom stereocenters. The average Bonchev–Trinajstić information content (AvgIpc) is 3.11. The Morgan fingerprint density at radius 2 is 1.64 bits per heavy atom. The molecule has 1 saturated heterocycles. The molecule has 1 fully saturated rings. The van der Waals surface area contributed by atoms with Gasteiger partial charge in [-0.25, -0.2) is 0 Å². The van der Waals surface area contributed by atoms with Gasteiger partial charge in [-0.2, -0.15) is 0 Å². The van der Waals surface area contributed by atoms with Gasteiger partial charge in [0.25, 0.3) is 11.7 Å². The van der Waals surface area contributed by atoms with Gasteiger partial charge in [0.05, 0.1) is 32.4 Å². The lowest BCUT2D eigenvalue weighted by atomic mass is 9.84. The molecule has 0 radical (unpaired) electrons. The first kappa shape index (κ1) is 27.1. The number of benzene rings is 2. The fourth-order valence-corrected chi connectivity index (χ4v) is 4.51. The quantitative estimate of drug-likeness (QED) is 0.276. The smallest absolute Gasteiger partial charge is 0.295 e. The predicted molar refractivity (Wildman–Crippen MR) is 140 cm³/mol. The Morgan fingerprint density at radius 1 is 0.972 bits per heavy atom. The molecular formula is C29H37NO6. The molecule has 2 aromatic rings. The maximum atomic E-state index is 13.3. The first-order chi connectivity index (χ1) is 17.1. The third kappa shape index (κ3) is 5.20. The Kier molecular flexibility index (Phi) is 8.33. The van der Waals surface area contributed by atoms with Crippen LogP contribution in [0, 0.1) is 0 Å². The zero-order valence-corrected chi connectivity index (χ0v) is 22.3. The van der Waals surface area contributed by atoms with Gasteiger partial charge in [-0.05, 0) is 54.7 Å². The summed E-state index contributed by atoms with van der Waals surface area (Å²) in [7, 11) is 3.08. The highest BCUT2D eigenvalue weighted by molar-refractivity contribution is 6.46. The second-order valence-corrected chi connectivity index (χ2v) is 9.85. The Balaban J connectivity index is 2.24. The summed E-state index contributed by atoms with van der Waals surface area (Å²) in [6.45, 7) is 11.0. The zero-order valence-electron chi connectivity index (χ0n) is 22.3. The highest BCUT2D eigenvalue weighted by Crippen LogP contribution is 2.43. The largest absolute Gasteiger partial charge is 0.507 e. The van der Waals surface area contributed by atoms with Crippen molar-refractivity contribution in [3.8, 4) is 17.2 Å². The van der Waals surface area contributed by atoms with Crippen molar-refractivity contribution in [2.75, 3.05) is 27.4 Å². The molecule has 1 amide bonds. The van der Waals surface area contributed by atoms with Gasteiger partial charge in [0.2, 0.25) is 0 Å². The molecule has 0 bridgehead atoms. The van der Waals surface area contributed by atoms with Crippen LogP contribution in [0.15, 0.2) is 42.0 Å². The number of rotatable bonds is 9. The lowest BCUT2D eigenvalue weighted by Gasteiger charge is -2.26. The molecule has 0 spiro atoms. The van der Waals surface area contributed by atoms with E-state index >= 15 is 0 Å². The zero-order chi connectivity index (χ0) is 26.6. The van der Waals surface area contributed by atoms with Crippen LogP contribution in [-0.4, -0.2) is 49.1 Å². The number of aliphatic hydroxyl groups is 1. The fraction of sp³-hybridized carbons (Fsp3) is 0.448. The number of ether oxygens (including phenoxy) is 3. The van der Waals surface area contributed by atoms with Gasteiger partial charge < -0.3 is 24.2 Å². The molecule has 3 rings (SSSR count). The minimum atomic E-state index is -0.749. The molecule has 7 nitrogen and oxygen atoms in total. The molecule has 2 aromatic carbocycles. The number of hydrogen-bond donors (Lipinski definition) is 1. The van der Waals surface area contributed by atoms with Crippen molar-refractivity contribution in [3.05, 3.63) is 58.7 Å². The average molecular weight is 496 g/mol. The summed E-state index contributed by atoms with van der Waals surface area (Å²) in [6, 6.07) is 9.90. The van der Waals surface area contributed by atoms with Crippen molar-refractivity contribution in [2.45, 2.75) is 58.9 Å². The minimum Gasteiger partial charge on any atom is -0.507 e. The summed E-state index contributed by atoms with van der Waals surface area (Å²) >= 11 is 0. The molecule has 36 heavy (non-hydrogen) atoms.